The molecule has 3 heterocycles. The van der Waals surface area contributed by atoms with E-state index in [1.165, 1.54) is 0 Å². The van der Waals surface area contributed by atoms with Crippen molar-refractivity contribution in [3.63, 3.8) is 0 Å². The van der Waals surface area contributed by atoms with Crippen molar-refractivity contribution in [2.75, 3.05) is 20.2 Å². The van der Waals surface area contributed by atoms with Crippen molar-refractivity contribution >= 4 is 29.1 Å². The Bertz CT molecular complexity index is 947. The van der Waals surface area contributed by atoms with Gasteiger partial charge in [-0.2, -0.15) is 0 Å². The van der Waals surface area contributed by atoms with Crippen LogP contribution in [0.25, 0.3) is 0 Å². The van der Waals surface area contributed by atoms with Crippen molar-refractivity contribution in [3.05, 3.63) is 52.2 Å². The van der Waals surface area contributed by atoms with E-state index in [2.05, 4.69) is 20.9 Å². The molecular formula is C23H28N4O4S. The first kappa shape index (κ1) is 22.3. The van der Waals surface area contributed by atoms with Crippen LogP contribution in [0.5, 0.6) is 5.75 Å². The van der Waals surface area contributed by atoms with Gasteiger partial charge in [0.2, 0.25) is 11.8 Å². The fourth-order valence-corrected chi connectivity index (χ4v) is 4.99. The van der Waals surface area contributed by atoms with Crippen LogP contribution in [0.15, 0.2) is 41.8 Å². The number of piperazine rings is 1. The van der Waals surface area contributed by atoms with E-state index >= 15 is 0 Å². The number of hydrogen-bond donors (Lipinski definition) is 3. The molecule has 32 heavy (non-hydrogen) atoms. The van der Waals surface area contributed by atoms with Crippen LogP contribution in [0.3, 0.4) is 0 Å². The van der Waals surface area contributed by atoms with Crippen LogP contribution in [-0.2, 0) is 16.1 Å². The number of carbonyl (C=O) groups excluding carboxylic acids is 3. The maximum absolute atomic E-state index is 12.6. The third-order valence-electron chi connectivity index (χ3n) is 6.05. The highest BCUT2D eigenvalue weighted by Crippen LogP contribution is 2.26. The maximum atomic E-state index is 12.6. The van der Waals surface area contributed by atoms with Gasteiger partial charge in [-0.1, -0.05) is 6.07 Å². The van der Waals surface area contributed by atoms with Crippen LogP contribution in [0.1, 0.15) is 34.5 Å². The molecular weight excluding hydrogens is 428 g/mol. The van der Waals surface area contributed by atoms with E-state index in [1.807, 2.05) is 17.5 Å². The molecule has 2 aromatic rings. The van der Waals surface area contributed by atoms with Gasteiger partial charge >= 0.3 is 0 Å². The van der Waals surface area contributed by atoms with Crippen LogP contribution in [0.2, 0.25) is 0 Å². The standard InChI is InChI=1S/C23H28N4O4S/c1-31-18-7-4-15(5-8-18)22(29)26-16-11-20-23(30)25-12-17(27(20)14-16)6-9-21(28)24-13-19-3-2-10-32-19/h2-5,7-8,10,16-17,20H,6,9,11-14H2,1H3,(H,24,28)(H,25,30)(H,26,29). The average molecular weight is 457 g/mol. The van der Waals surface area contributed by atoms with E-state index in [-0.39, 0.29) is 35.8 Å². The van der Waals surface area contributed by atoms with Crippen LogP contribution in [-0.4, -0.2) is 60.9 Å². The van der Waals surface area contributed by atoms with Gasteiger partial charge in [0.25, 0.3) is 5.91 Å². The smallest absolute Gasteiger partial charge is 0.251 e. The zero-order valence-electron chi connectivity index (χ0n) is 18.0. The molecule has 1 aromatic carbocycles. The SMILES string of the molecule is COc1ccc(C(=O)NC2CC3C(=O)NCC(CCC(=O)NCc4cccs4)N3C2)cc1. The predicted octanol–water partition coefficient (Wildman–Crippen LogP) is 1.52. The van der Waals surface area contributed by atoms with Crippen molar-refractivity contribution in [1.82, 2.24) is 20.9 Å². The minimum atomic E-state index is -0.274. The molecule has 2 aliphatic rings. The molecule has 2 saturated heterocycles. The van der Waals surface area contributed by atoms with Crippen LogP contribution in [0.4, 0.5) is 0 Å². The van der Waals surface area contributed by atoms with Gasteiger partial charge in [-0.05, 0) is 48.6 Å². The fraction of sp³-hybridized carbons (Fsp3) is 0.435. The number of methoxy groups -OCH3 is 1. The van der Waals surface area contributed by atoms with Gasteiger partial charge < -0.3 is 20.7 Å². The summed E-state index contributed by atoms with van der Waals surface area (Å²) in [5.41, 5.74) is 0.555. The lowest BCUT2D eigenvalue weighted by Crippen LogP contribution is -2.58. The Morgan fingerprint density at radius 1 is 1.25 bits per heavy atom. The van der Waals surface area contributed by atoms with Crippen LogP contribution >= 0.6 is 11.3 Å². The van der Waals surface area contributed by atoms with E-state index < -0.39 is 0 Å². The molecule has 170 valence electrons. The summed E-state index contributed by atoms with van der Waals surface area (Å²) in [5, 5.41) is 11.0. The molecule has 3 unspecified atom stereocenters. The lowest BCUT2D eigenvalue weighted by molar-refractivity contribution is -0.129. The molecule has 1 aromatic heterocycles. The van der Waals surface area contributed by atoms with E-state index in [4.69, 9.17) is 4.74 Å². The fourth-order valence-electron chi connectivity index (χ4n) is 4.34. The molecule has 2 fully saturated rings. The lowest BCUT2D eigenvalue weighted by Gasteiger charge is -2.37. The molecule has 0 aliphatic carbocycles. The van der Waals surface area contributed by atoms with E-state index in [0.717, 1.165) is 4.88 Å². The molecule has 2 aliphatic heterocycles. The summed E-state index contributed by atoms with van der Waals surface area (Å²) < 4.78 is 5.13. The Kier molecular flexibility index (Phi) is 7.06. The molecule has 4 rings (SSSR count). The highest BCUT2D eigenvalue weighted by atomic mass is 32.1. The summed E-state index contributed by atoms with van der Waals surface area (Å²) in [7, 11) is 1.58. The highest BCUT2D eigenvalue weighted by Gasteiger charge is 2.43. The minimum Gasteiger partial charge on any atom is -0.497 e. The first-order valence-electron chi connectivity index (χ1n) is 10.8. The van der Waals surface area contributed by atoms with Gasteiger partial charge in [0.1, 0.15) is 5.75 Å². The molecule has 3 amide bonds. The normalized spacial score (nSPS) is 22.7. The van der Waals surface area contributed by atoms with Crippen LogP contribution < -0.4 is 20.7 Å². The lowest BCUT2D eigenvalue weighted by atomic mass is 10.0. The third kappa shape index (κ3) is 5.28. The van der Waals surface area contributed by atoms with Crippen molar-refractivity contribution in [3.8, 4) is 5.75 Å². The number of hydrogen-bond acceptors (Lipinski definition) is 6. The number of thiophene rings is 1. The molecule has 8 nitrogen and oxygen atoms in total. The molecule has 3 atom stereocenters. The van der Waals surface area contributed by atoms with Crippen molar-refractivity contribution in [2.45, 2.75) is 43.9 Å². The predicted molar refractivity (Wildman–Crippen MR) is 122 cm³/mol. The Morgan fingerprint density at radius 3 is 2.78 bits per heavy atom. The molecule has 0 radical (unpaired) electrons. The Labute approximate surface area is 191 Å². The van der Waals surface area contributed by atoms with Crippen molar-refractivity contribution < 1.29 is 19.1 Å². The third-order valence-corrected chi connectivity index (χ3v) is 6.93. The summed E-state index contributed by atoms with van der Waals surface area (Å²) in [4.78, 5) is 40.6. The van der Waals surface area contributed by atoms with Crippen molar-refractivity contribution in [2.24, 2.45) is 0 Å². The monoisotopic (exact) mass is 456 g/mol. The molecule has 0 saturated carbocycles. The summed E-state index contributed by atoms with van der Waals surface area (Å²) in [6.45, 7) is 1.66. The van der Waals surface area contributed by atoms with Gasteiger partial charge in [-0.25, -0.2) is 0 Å². The number of nitrogens with one attached hydrogen (secondary N) is 3. The van der Waals surface area contributed by atoms with Gasteiger partial charge in [0.15, 0.2) is 0 Å². The second-order valence-corrected chi connectivity index (χ2v) is 9.17. The molecule has 3 N–H and O–H groups in total. The topological polar surface area (TPSA) is 99.8 Å². The number of amides is 3. The van der Waals surface area contributed by atoms with E-state index in [9.17, 15) is 14.4 Å². The molecule has 0 spiro atoms. The first-order valence-corrected chi connectivity index (χ1v) is 11.7. The number of fused-ring (bicyclic) bond motifs is 1. The summed E-state index contributed by atoms with van der Waals surface area (Å²) in [6, 6.07) is 10.6. The van der Waals surface area contributed by atoms with E-state index in [0.29, 0.717) is 50.2 Å². The van der Waals surface area contributed by atoms with Gasteiger partial charge in [-0.15, -0.1) is 11.3 Å². The summed E-state index contributed by atoms with van der Waals surface area (Å²) in [6.07, 6.45) is 1.62. The number of benzene rings is 1. The zero-order valence-corrected chi connectivity index (χ0v) is 18.8. The number of carbonyl (C=O) groups is 3. The second kappa shape index (κ2) is 10.1. The van der Waals surface area contributed by atoms with Gasteiger partial charge in [-0.3, -0.25) is 19.3 Å². The zero-order chi connectivity index (χ0) is 22.5. The van der Waals surface area contributed by atoms with E-state index in [1.54, 1.807) is 42.7 Å². The molecule has 9 heteroatoms. The minimum absolute atomic E-state index is 0.00963. The number of ether oxygens (including phenoxy) is 1. The summed E-state index contributed by atoms with van der Waals surface area (Å²) in [5.74, 6) is 0.529. The highest BCUT2D eigenvalue weighted by molar-refractivity contribution is 7.09. The van der Waals surface area contributed by atoms with Crippen LogP contribution in [0, 0.1) is 0 Å². The second-order valence-electron chi connectivity index (χ2n) is 8.14. The largest absolute Gasteiger partial charge is 0.497 e. The number of rotatable bonds is 8. The Balaban J connectivity index is 1.29. The average Bonchev–Trinajstić information content (AvgIpc) is 3.48. The Morgan fingerprint density at radius 2 is 2.06 bits per heavy atom. The first-order chi connectivity index (χ1) is 15.5. The number of nitrogens with zero attached hydrogens (tertiary/aromatic N) is 1. The van der Waals surface area contributed by atoms with Crippen molar-refractivity contribution in [1.29, 1.82) is 0 Å². The summed E-state index contributed by atoms with van der Waals surface area (Å²) >= 11 is 1.62. The van der Waals surface area contributed by atoms with Gasteiger partial charge in [0, 0.05) is 42.0 Å². The quantitative estimate of drug-likeness (QED) is 0.559. The maximum Gasteiger partial charge on any atom is 0.251 e. The Hall–Kier alpha value is -2.91. The van der Waals surface area contributed by atoms with Gasteiger partial charge in [0.05, 0.1) is 19.7 Å². The molecule has 0 bridgehead atoms.